The van der Waals surface area contributed by atoms with Gasteiger partial charge in [0.2, 0.25) is 0 Å². The maximum Gasteiger partial charge on any atom is 0.339 e. The van der Waals surface area contributed by atoms with Crippen LogP contribution in [0.25, 0.3) is 11.0 Å². The summed E-state index contributed by atoms with van der Waals surface area (Å²) in [4.78, 5) is 29.8. The zero-order valence-corrected chi connectivity index (χ0v) is 9.61. The summed E-state index contributed by atoms with van der Waals surface area (Å²) in [7, 11) is 1.30. The lowest BCUT2D eigenvalue weighted by atomic mass is 10.1. The number of ether oxygens (including phenoxy) is 1. The first kappa shape index (κ1) is 11.3. The topological polar surface area (TPSA) is 72.0 Å². The van der Waals surface area contributed by atoms with Gasteiger partial charge in [-0.1, -0.05) is 6.92 Å². The van der Waals surface area contributed by atoms with Gasteiger partial charge in [-0.25, -0.2) is 4.79 Å². The minimum atomic E-state index is -0.472. The molecule has 17 heavy (non-hydrogen) atoms. The van der Waals surface area contributed by atoms with Crippen LogP contribution in [0.4, 0.5) is 0 Å². The third kappa shape index (κ3) is 2.04. The van der Waals surface area contributed by atoms with E-state index in [1.54, 1.807) is 12.1 Å². The predicted molar refractivity (Wildman–Crippen MR) is 63.1 cm³/mol. The highest BCUT2D eigenvalue weighted by molar-refractivity contribution is 5.92. The highest BCUT2D eigenvalue weighted by Crippen LogP contribution is 2.11. The monoisotopic (exact) mass is 232 g/mol. The van der Waals surface area contributed by atoms with Crippen LogP contribution < -0.4 is 5.56 Å². The Morgan fingerprint density at radius 2 is 2.24 bits per heavy atom. The summed E-state index contributed by atoms with van der Waals surface area (Å²) >= 11 is 0. The minimum Gasteiger partial charge on any atom is -0.465 e. The molecule has 2 aromatic rings. The molecule has 0 atom stereocenters. The largest absolute Gasteiger partial charge is 0.465 e. The molecule has 0 aliphatic carbocycles. The first-order valence-electron chi connectivity index (χ1n) is 5.26. The van der Waals surface area contributed by atoms with Gasteiger partial charge in [0.15, 0.2) is 0 Å². The number of hydrogen-bond donors (Lipinski definition) is 1. The van der Waals surface area contributed by atoms with Gasteiger partial charge in [0.05, 0.1) is 23.7 Å². The van der Waals surface area contributed by atoms with Crippen LogP contribution in [-0.4, -0.2) is 23.0 Å². The maximum absolute atomic E-state index is 11.6. The number of nitrogens with zero attached hydrogens (tertiary/aromatic N) is 1. The number of aryl methyl sites for hydroxylation is 1. The predicted octanol–water partition coefficient (Wildman–Crippen LogP) is 1.27. The third-order valence-electron chi connectivity index (χ3n) is 2.57. The molecule has 0 bridgehead atoms. The molecule has 0 amide bonds. The second kappa shape index (κ2) is 4.37. The summed E-state index contributed by atoms with van der Waals surface area (Å²) in [5, 5.41) is 0. The number of fused-ring (bicyclic) bond motifs is 1. The summed E-state index contributed by atoms with van der Waals surface area (Å²) in [5.74, 6) is -0.472. The molecular weight excluding hydrogens is 220 g/mol. The molecule has 0 radical (unpaired) electrons. The lowest BCUT2D eigenvalue weighted by Crippen LogP contribution is -2.12. The number of hydrogen-bond acceptors (Lipinski definition) is 4. The van der Waals surface area contributed by atoms with Crippen LogP contribution in [0.15, 0.2) is 23.1 Å². The molecular formula is C12H12N2O3. The molecule has 0 saturated heterocycles. The summed E-state index contributed by atoms with van der Waals surface area (Å²) in [6.07, 6.45) is 2.08. The summed E-state index contributed by atoms with van der Waals surface area (Å²) in [5.41, 5.74) is 2.05. The van der Waals surface area contributed by atoms with Gasteiger partial charge in [-0.2, -0.15) is 0 Å². The quantitative estimate of drug-likeness (QED) is 0.791. The first-order chi connectivity index (χ1) is 8.15. The Balaban J connectivity index is 2.63. The Bertz CT molecular complexity index is 631. The van der Waals surface area contributed by atoms with Gasteiger partial charge in [0, 0.05) is 11.8 Å². The number of carbonyl (C=O) groups is 1. The molecule has 0 aromatic carbocycles. The van der Waals surface area contributed by atoms with Crippen molar-refractivity contribution in [3.05, 3.63) is 39.8 Å². The second-order valence-electron chi connectivity index (χ2n) is 3.63. The molecule has 88 valence electrons. The molecule has 0 aliphatic heterocycles. The van der Waals surface area contributed by atoms with E-state index in [0.717, 1.165) is 0 Å². The van der Waals surface area contributed by atoms with Crippen molar-refractivity contribution in [1.82, 2.24) is 9.97 Å². The minimum absolute atomic E-state index is 0.149. The van der Waals surface area contributed by atoms with Gasteiger partial charge in [0.25, 0.3) is 5.56 Å². The van der Waals surface area contributed by atoms with E-state index in [9.17, 15) is 9.59 Å². The van der Waals surface area contributed by atoms with Gasteiger partial charge in [0.1, 0.15) is 0 Å². The van der Waals surface area contributed by atoms with Crippen LogP contribution in [0, 0.1) is 0 Å². The number of H-pyrrole nitrogens is 1. The number of pyridine rings is 2. The zero-order chi connectivity index (χ0) is 12.4. The average Bonchev–Trinajstić information content (AvgIpc) is 2.36. The van der Waals surface area contributed by atoms with E-state index in [-0.39, 0.29) is 5.56 Å². The van der Waals surface area contributed by atoms with E-state index in [2.05, 4.69) is 14.7 Å². The van der Waals surface area contributed by atoms with Crippen molar-refractivity contribution in [2.45, 2.75) is 13.3 Å². The number of methoxy groups -OCH3 is 1. The maximum atomic E-state index is 11.6. The van der Waals surface area contributed by atoms with Gasteiger partial charge in [-0.3, -0.25) is 9.78 Å². The molecule has 0 unspecified atom stereocenters. The standard InChI is InChI=1S/C12H12N2O3/c1-3-7-4-9-10(14-11(7)15)5-8(6-13-9)12(16)17-2/h4-6H,3H2,1-2H3,(H,14,15). The molecule has 2 aromatic heterocycles. The molecule has 0 aliphatic rings. The van der Waals surface area contributed by atoms with Crippen LogP contribution >= 0.6 is 0 Å². The number of nitrogens with one attached hydrogen (secondary N) is 1. The number of aromatic nitrogens is 2. The van der Waals surface area contributed by atoms with Crippen molar-refractivity contribution in [3.8, 4) is 0 Å². The molecule has 5 nitrogen and oxygen atoms in total. The Morgan fingerprint density at radius 3 is 2.88 bits per heavy atom. The van der Waals surface area contributed by atoms with Crippen LogP contribution in [0.2, 0.25) is 0 Å². The SMILES string of the molecule is CCc1cc2ncc(C(=O)OC)cc2[nH]c1=O. The van der Waals surface area contributed by atoms with Gasteiger partial charge >= 0.3 is 5.97 Å². The van der Waals surface area contributed by atoms with Crippen molar-refractivity contribution in [1.29, 1.82) is 0 Å². The van der Waals surface area contributed by atoms with Crippen molar-refractivity contribution in [2.24, 2.45) is 0 Å². The summed E-state index contributed by atoms with van der Waals surface area (Å²) < 4.78 is 4.59. The molecule has 1 N–H and O–H groups in total. The second-order valence-corrected chi connectivity index (χ2v) is 3.63. The smallest absolute Gasteiger partial charge is 0.339 e. The number of carbonyl (C=O) groups excluding carboxylic acids is 1. The van der Waals surface area contributed by atoms with E-state index in [0.29, 0.717) is 28.6 Å². The third-order valence-corrected chi connectivity index (χ3v) is 2.57. The van der Waals surface area contributed by atoms with Crippen LogP contribution in [0.1, 0.15) is 22.8 Å². The number of esters is 1. The molecule has 0 saturated carbocycles. The number of rotatable bonds is 2. The Hall–Kier alpha value is -2.17. The Kier molecular flexibility index (Phi) is 2.91. The summed E-state index contributed by atoms with van der Waals surface area (Å²) in [6.45, 7) is 1.90. The van der Waals surface area contributed by atoms with Crippen molar-refractivity contribution >= 4 is 17.0 Å². The lowest BCUT2D eigenvalue weighted by Gasteiger charge is -2.02. The average molecular weight is 232 g/mol. The van der Waals surface area contributed by atoms with Gasteiger partial charge < -0.3 is 9.72 Å². The fourth-order valence-corrected chi connectivity index (χ4v) is 1.62. The lowest BCUT2D eigenvalue weighted by molar-refractivity contribution is 0.0600. The number of aromatic amines is 1. The Morgan fingerprint density at radius 1 is 1.47 bits per heavy atom. The van der Waals surface area contributed by atoms with E-state index < -0.39 is 5.97 Å². The Labute approximate surface area is 97.4 Å². The van der Waals surface area contributed by atoms with Crippen molar-refractivity contribution < 1.29 is 9.53 Å². The molecule has 5 heteroatoms. The first-order valence-corrected chi connectivity index (χ1v) is 5.26. The zero-order valence-electron chi connectivity index (χ0n) is 9.61. The van der Waals surface area contributed by atoms with E-state index in [1.807, 2.05) is 6.92 Å². The van der Waals surface area contributed by atoms with Crippen LogP contribution in [-0.2, 0) is 11.2 Å². The highest BCUT2D eigenvalue weighted by atomic mass is 16.5. The van der Waals surface area contributed by atoms with E-state index in [4.69, 9.17) is 0 Å². The molecule has 0 spiro atoms. The van der Waals surface area contributed by atoms with Gasteiger partial charge in [-0.05, 0) is 18.6 Å². The molecule has 0 fully saturated rings. The fourth-order valence-electron chi connectivity index (χ4n) is 1.62. The molecule has 2 rings (SSSR count). The fraction of sp³-hybridized carbons (Fsp3) is 0.250. The van der Waals surface area contributed by atoms with Crippen molar-refractivity contribution in [3.63, 3.8) is 0 Å². The van der Waals surface area contributed by atoms with Crippen molar-refractivity contribution in [2.75, 3.05) is 7.11 Å². The van der Waals surface area contributed by atoms with Gasteiger partial charge in [-0.15, -0.1) is 0 Å². The molecule has 2 heterocycles. The van der Waals surface area contributed by atoms with Crippen LogP contribution in [0.5, 0.6) is 0 Å². The summed E-state index contributed by atoms with van der Waals surface area (Å²) in [6, 6.07) is 3.30. The van der Waals surface area contributed by atoms with E-state index in [1.165, 1.54) is 13.3 Å². The van der Waals surface area contributed by atoms with E-state index >= 15 is 0 Å². The normalized spacial score (nSPS) is 10.5. The highest BCUT2D eigenvalue weighted by Gasteiger charge is 2.08. The van der Waals surface area contributed by atoms with Crippen LogP contribution in [0.3, 0.4) is 0 Å².